The van der Waals surface area contributed by atoms with Gasteiger partial charge in [0, 0.05) is 19.8 Å². The van der Waals surface area contributed by atoms with Gasteiger partial charge < -0.3 is 9.80 Å². The molecule has 0 aromatic carbocycles. The summed E-state index contributed by atoms with van der Waals surface area (Å²) in [7, 11) is 6.14. The van der Waals surface area contributed by atoms with Crippen LogP contribution >= 0.6 is 0 Å². The maximum atomic E-state index is 4.17. The Morgan fingerprint density at radius 1 is 1.15 bits per heavy atom. The third-order valence-electron chi connectivity index (χ3n) is 2.29. The zero-order valence-corrected chi connectivity index (χ0v) is 15.0. The number of likely N-dealkylation sites (N-methyl/N-ethyl adjacent to an activating group) is 1. The van der Waals surface area contributed by atoms with Crippen LogP contribution in [0.15, 0.2) is 22.8 Å². The maximum absolute atomic E-state index is 4.17. The van der Waals surface area contributed by atoms with Gasteiger partial charge in [0.15, 0.2) is 0 Å². The Labute approximate surface area is 127 Å². The minimum Gasteiger partial charge on any atom is -0.362 e. The molecule has 0 aliphatic heterocycles. The van der Waals surface area contributed by atoms with E-state index in [1.54, 1.807) is 12.4 Å². The van der Waals surface area contributed by atoms with E-state index in [2.05, 4.69) is 54.3 Å². The van der Waals surface area contributed by atoms with Gasteiger partial charge in [0.2, 0.25) is 0 Å². The minimum absolute atomic E-state index is 0.638. The van der Waals surface area contributed by atoms with Gasteiger partial charge >= 0.3 is 0 Å². The first-order valence-electron chi connectivity index (χ1n) is 7.51. The van der Waals surface area contributed by atoms with E-state index in [-0.39, 0.29) is 0 Å². The molecule has 0 radical (unpaired) electrons. The van der Waals surface area contributed by atoms with Crippen molar-refractivity contribution in [2.75, 3.05) is 40.8 Å². The van der Waals surface area contributed by atoms with E-state index in [0.717, 1.165) is 25.3 Å². The molecule has 0 fully saturated rings. The van der Waals surface area contributed by atoms with Gasteiger partial charge in [-0.25, -0.2) is 4.99 Å². The van der Waals surface area contributed by atoms with Gasteiger partial charge in [-0.2, -0.15) is 0 Å². The van der Waals surface area contributed by atoms with Crippen LogP contribution in [0.1, 0.15) is 41.0 Å². The van der Waals surface area contributed by atoms with Crippen molar-refractivity contribution >= 4 is 12.1 Å². The summed E-state index contributed by atoms with van der Waals surface area (Å²) in [5.74, 6) is 0.968. The molecule has 0 saturated carbocycles. The second-order valence-electron chi connectivity index (χ2n) is 4.14. The lowest BCUT2D eigenvalue weighted by Crippen LogP contribution is -2.29. The van der Waals surface area contributed by atoms with Crippen LogP contribution in [0.2, 0.25) is 0 Å². The van der Waals surface area contributed by atoms with E-state index in [9.17, 15) is 0 Å². The molecular weight excluding hydrogens is 248 g/mol. The van der Waals surface area contributed by atoms with E-state index in [1.807, 2.05) is 27.8 Å². The fourth-order valence-corrected chi connectivity index (χ4v) is 1.00. The van der Waals surface area contributed by atoms with Gasteiger partial charge in [-0.05, 0) is 40.2 Å². The van der Waals surface area contributed by atoms with Crippen LogP contribution in [0.4, 0.5) is 0 Å². The summed E-state index contributed by atoms with van der Waals surface area (Å²) < 4.78 is 0. The summed E-state index contributed by atoms with van der Waals surface area (Å²) in [6, 6.07) is 0. The van der Waals surface area contributed by atoms with E-state index in [0.29, 0.717) is 6.54 Å². The van der Waals surface area contributed by atoms with Crippen LogP contribution in [-0.2, 0) is 0 Å². The molecule has 0 spiro atoms. The highest BCUT2D eigenvalue weighted by Gasteiger charge is 2.02. The van der Waals surface area contributed by atoms with E-state index >= 15 is 0 Å². The molecule has 0 aliphatic carbocycles. The molecule has 0 atom stereocenters. The Morgan fingerprint density at radius 2 is 1.65 bits per heavy atom. The number of rotatable bonds is 6. The molecule has 0 saturated heterocycles. The standard InChI is InChI=1S/C10H19N3.C4H11N.C2H6/c1-5-8-13(4)10(12-7-3)9-11-6-2;1-4-5(2)3;1-2/h6-7H,3,5,8-9H2,1-2,4H3;4H2,1-3H3;1-2H3. The fourth-order valence-electron chi connectivity index (χ4n) is 1.00. The van der Waals surface area contributed by atoms with Gasteiger partial charge in [0.1, 0.15) is 5.84 Å². The smallest absolute Gasteiger partial charge is 0.125 e. The van der Waals surface area contributed by atoms with Crippen LogP contribution in [0.3, 0.4) is 0 Å². The largest absolute Gasteiger partial charge is 0.362 e. The Morgan fingerprint density at radius 3 is 1.95 bits per heavy atom. The topological polar surface area (TPSA) is 31.2 Å². The van der Waals surface area contributed by atoms with Crippen molar-refractivity contribution in [3.8, 4) is 0 Å². The van der Waals surface area contributed by atoms with Crippen LogP contribution < -0.4 is 0 Å². The first kappa shape index (κ1) is 23.9. The summed E-state index contributed by atoms with van der Waals surface area (Å²) >= 11 is 0. The normalized spacial score (nSPS) is 10.6. The lowest BCUT2D eigenvalue weighted by atomic mass is 10.4. The lowest BCUT2D eigenvalue weighted by molar-refractivity contribution is 0.434. The van der Waals surface area contributed by atoms with Crippen LogP contribution in [0.25, 0.3) is 0 Å². The predicted molar refractivity (Wildman–Crippen MR) is 95.2 cm³/mol. The molecule has 120 valence electrons. The lowest BCUT2D eigenvalue weighted by Gasteiger charge is -2.18. The number of hydrogen-bond acceptors (Lipinski definition) is 3. The summed E-state index contributed by atoms with van der Waals surface area (Å²) in [6.45, 7) is 16.5. The quantitative estimate of drug-likeness (QED) is 0.551. The zero-order chi connectivity index (χ0) is 16.4. The predicted octanol–water partition coefficient (Wildman–Crippen LogP) is 3.56. The van der Waals surface area contributed by atoms with Gasteiger partial charge in [-0.3, -0.25) is 4.99 Å². The molecule has 4 heteroatoms. The Bertz CT molecular complexity index is 245. The molecule has 0 N–H and O–H groups in total. The Hall–Kier alpha value is -1.16. The van der Waals surface area contributed by atoms with Gasteiger partial charge in [-0.1, -0.05) is 34.3 Å². The van der Waals surface area contributed by atoms with Crippen LogP contribution in [0, 0.1) is 0 Å². The third kappa shape index (κ3) is 19.2. The average Bonchev–Trinajstić information content (AvgIpc) is 2.46. The first-order valence-corrected chi connectivity index (χ1v) is 7.51. The molecule has 0 bridgehead atoms. The Balaban J connectivity index is -0.000000346. The average molecular weight is 284 g/mol. The minimum atomic E-state index is 0.638. The van der Waals surface area contributed by atoms with Crippen molar-refractivity contribution < 1.29 is 0 Å². The monoisotopic (exact) mass is 284 g/mol. The number of nitrogens with zero attached hydrogens (tertiary/aromatic N) is 4. The molecule has 0 amide bonds. The molecule has 0 rings (SSSR count). The summed E-state index contributed by atoms with van der Waals surface area (Å²) in [4.78, 5) is 12.6. The SMILES string of the molecule is C=CN=C(CN=CC)N(C)CCC.CC.CCN(C)C. The Kier molecular flexibility index (Phi) is 24.1. The van der Waals surface area contributed by atoms with E-state index in [1.165, 1.54) is 0 Å². The van der Waals surface area contributed by atoms with Crippen molar-refractivity contribution in [1.82, 2.24) is 9.80 Å². The highest BCUT2D eigenvalue weighted by Crippen LogP contribution is 1.92. The fraction of sp³-hybridized carbons (Fsp3) is 0.750. The number of amidine groups is 1. The van der Waals surface area contributed by atoms with Crippen LogP contribution in [0.5, 0.6) is 0 Å². The molecular formula is C16H36N4. The molecule has 0 aromatic rings. The summed E-state index contributed by atoms with van der Waals surface area (Å²) in [6.07, 6.45) is 4.47. The summed E-state index contributed by atoms with van der Waals surface area (Å²) in [5.41, 5.74) is 0. The molecule has 4 nitrogen and oxygen atoms in total. The maximum Gasteiger partial charge on any atom is 0.125 e. The van der Waals surface area contributed by atoms with Gasteiger partial charge in [0.25, 0.3) is 0 Å². The third-order valence-corrected chi connectivity index (χ3v) is 2.29. The summed E-state index contributed by atoms with van der Waals surface area (Å²) in [5, 5.41) is 0. The first-order chi connectivity index (χ1) is 9.53. The molecule has 0 unspecified atom stereocenters. The van der Waals surface area contributed by atoms with Crippen LogP contribution in [-0.4, -0.2) is 62.6 Å². The van der Waals surface area contributed by atoms with E-state index in [4.69, 9.17) is 0 Å². The van der Waals surface area contributed by atoms with Crippen molar-refractivity contribution in [1.29, 1.82) is 0 Å². The van der Waals surface area contributed by atoms with Crippen molar-refractivity contribution in [2.45, 2.75) is 41.0 Å². The van der Waals surface area contributed by atoms with Gasteiger partial charge in [0.05, 0.1) is 6.54 Å². The number of hydrogen-bond donors (Lipinski definition) is 0. The zero-order valence-electron chi connectivity index (χ0n) is 15.0. The highest BCUT2D eigenvalue weighted by atomic mass is 15.2. The molecule has 0 heterocycles. The van der Waals surface area contributed by atoms with E-state index < -0.39 is 0 Å². The second-order valence-corrected chi connectivity index (χ2v) is 4.14. The van der Waals surface area contributed by atoms with Crippen molar-refractivity contribution in [2.24, 2.45) is 9.98 Å². The second kappa shape index (κ2) is 20.2. The molecule has 0 aliphatic rings. The van der Waals surface area contributed by atoms with Gasteiger partial charge in [-0.15, -0.1) is 0 Å². The van der Waals surface area contributed by atoms with Crippen molar-refractivity contribution in [3.63, 3.8) is 0 Å². The number of aliphatic imine (C=N–C) groups is 2. The van der Waals surface area contributed by atoms with Crippen molar-refractivity contribution in [3.05, 3.63) is 12.8 Å². The highest BCUT2D eigenvalue weighted by molar-refractivity contribution is 5.85. The molecule has 20 heavy (non-hydrogen) atoms. The molecule has 0 aromatic heterocycles.